The topological polar surface area (TPSA) is 86.8 Å². The van der Waals surface area contributed by atoms with Crippen molar-refractivity contribution < 1.29 is 18.0 Å². The Hall–Kier alpha value is -3.17. The van der Waals surface area contributed by atoms with Gasteiger partial charge in [0.2, 0.25) is 11.8 Å². The summed E-state index contributed by atoms with van der Waals surface area (Å²) < 4.78 is 30.0. The molecule has 0 spiro atoms. The Bertz CT molecular complexity index is 1410. The van der Waals surface area contributed by atoms with Crippen molar-refractivity contribution in [2.24, 2.45) is 0 Å². The van der Waals surface area contributed by atoms with Gasteiger partial charge < -0.3 is 10.2 Å². The minimum absolute atomic E-state index is 0.0974. The van der Waals surface area contributed by atoms with Gasteiger partial charge in [0.1, 0.15) is 12.6 Å². The van der Waals surface area contributed by atoms with Gasteiger partial charge in [0, 0.05) is 17.1 Å². The third kappa shape index (κ3) is 7.12. The molecule has 9 heteroatoms. The number of carbonyl (C=O) groups is 2. The fraction of sp³-hybridized carbons (Fsp3) is 0.355. The first-order valence-electron chi connectivity index (χ1n) is 13.7. The first-order valence-corrected chi connectivity index (χ1v) is 15.9. The minimum atomic E-state index is -4.08. The second-order valence-corrected chi connectivity index (χ2v) is 12.9. The Labute approximate surface area is 245 Å². The van der Waals surface area contributed by atoms with Crippen LogP contribution in [0.1, 0.15) is 50.7 Å². The van der Waals surface area contributed by atoms with Crippen LogP contribution in [-0.4, -0.2) is 43.8 Å². The Morgan fingerprint density at radius 1 is 0.950 bits per heavy atom. The van der Waals surface area contributed by atoms with Crippen LogP contribution in [0.2, 0.25) is 0 Å². The summed E-state index contributed by atoms with van der Waals surface area (Å²) >= 11 is 3.44. The van der Waals surface area contributed by atoms with E-state index < -0.39 is 28.5 Å². The van der Waals surface area contributed by atoms with Gasteiger partial charge in [-0.1, -0.05) is 84.2 Å². The zero-order chi connectivity index (χ0) is 28.7. The van der Waals surface area contributed by atoms with E-state index in [1.807, 2.05) is 43.3 Å². The lowest BCUT2D eigenvalue weighted by molar-refractivity contribution is -0.139. The molecule has 0 unspecified atom stereocenters. The first kappa shape index (κ1) is 29.8. The monoisotopic (exact) mass is 625 g/mol. The number of hydrogen-bond donors (Lipinski definition) is 1. The van der Waals surface area contributed by atoms with E-state index in [1.165, 1.54) is 21.3 Å². The van der Waals surface area contributed by atoms with Crippen molar-refractivity contribution in [1.29, 1.82) is 0 Å². The molecule has 2 amide bonds. The summed E-state index contributed by atoms with van der Waals surface area (Å²) in [7, 11) is -4.08. The number of anilines is 1. The van der Waals surface area contributed by atoms with E-state index in [9.17, 15) is 18.0 Å². The maximum Gasteiger partial charge on any atom is 0.264 e. The van der Waals surface area contributed by atoms with Crippen molar-refractivity contribution in [1.82, 2.24) is 10.2 Å². The molecule has 1 aliphatic carbocycles. The molecule has 0 radical (unpaired) electrons. The Kier molecular flexibility index (Phi) is 10.0. The number of benzene rings is 3. The molecule has 0 aliphatic heterocycles. The van der Waals surface area contributed by atoms with E-state index >= 15 is 0 Å². The van der Waals surface area contributed by atoms with Gasteiger partial charge in [-0.25, -0.2) is 8.42 Å². The molecule has 1 N–H and O–H groups in total. The van der Waals surface area contributed by atoms with Gasteiger partial charge in [0.25, 0.3) is 10.0 Å². The number of halogens is 1. The molecular weight excluding hydrogens is 590 g/mol. The molecular formula is C31H36BrN3O4S. The maximum absolute atomic E-state index is 14.1. The van der Waals surface area contributed by atoms with Crippen LogP contribution in [-0.2, 0) is 32.6 Å². The van der Waals surface area contributed by atoms with Gasteiger partial charge in [-0.15, -0.1) is 0 Å². The number of nitrogens with one attached hydrogen (secondary N) is 1. The molecule has 0 saturated heterocycles. The fourth-order valence-corrected chi connectivity index (χ4v) is 6.78. The summed E-state index contributed by atoms with van der Waals surface area (Å²) in [6, 6.07) is 22.2. The molecule has 1 aliphatic rings. The van der Waals surface area contributed by atoms with Crippen LogP contribution in [0.4, 0.5) is 5.69 Å². The minimum Gasteiger partial charge on any atom is -0.352 e. The Balaban J connectivity index is 1.70. The molecule has 212 valence electrons. The largest absolute Gasteiger partial charge is 0.352 e. The van der Waals surface area contributed by atoms with Crippen LogP contribution >= 0.6 is 15.9 Å². The predicted octanol–water partition coefficient (Wildman–Crippen LogP) is 5.68. The van der Waals surface area contributed by atoms with Gasteiger partial charge in [0.05, 0.1) is 10.6 Å². The van der Waals surface area contributed by atoms with E-state index in [4.69, 9.17) is 0 Å². The maximum atomic E-state index is 14.1. The number of hydrogen-bond acceptors (Lipinski definition) is 4. The molecule has 3 aromatic rings. The first-order chi connectivity index (χ1) is 19.2. The Morgan fingerprint density at radius 2 is 1.57 bits per heavy atom. The van der Waals surface area contributed by atoms with Crippen LogP contribution < -0.4 is 9.62 Å². The van der Waals surface area contributed by atoms with E-state index in [-0.39, 0.29) is 23.4 Å². The number of rotatable bonds is 11. The Morgan fingerprint density at radius 3 is 2.23 bits per heavy atom. The SMILES string of the molecule is CCc1ccccc1N(CC(=O)N(Cc1ccc(Br)cc1)[C@H](C)C(=O)NC1CCCC1)S(=O)(=O)c1ccccc1. The number of nitrogens with zero attached hydrogens (tertiary/aromatic N) is 2. The van der Waals surface area contributed by atoms with Crippen molar-refractivity contribution in [3.05, 3.63) is 94.5 Å². The van der Waals surface area contributed by atoms with Crippen LogP contribution in [0, 0.1) is 0 Å². The summed E-state index contributed by atoms with van der Waals surface area (Å²) in [5.74, 6) is -0.689. The summed E-state index contributed by atoms with van der Waals surface area (Å²) in [6.45, 7) is 3.38. The molecule has 0 bridgehead atoms. The van der Waals surface area contributed by atoms with Gasteiger partial charge >= 0.3 is 0 Å². The summed E-state index contributed by atoms with van der Waals surface area (Å²) in [6.07, 6.45) is 4.59. The van der Waals surface area contributed by atoms with E-state index in [2.05, 4.69) is 21.2 Å². The number of amides is 2. The summed E-state index contributed by atoms with van der Waals surface area (Å²) in [4.78, 5) is 29.0. The second kappa shape index (κ2) is 13.5. The zero-order valence-corrected chi connectivity index (χ0v) is 25.3. The third-order valence-corrected chi connectivity index (χ3v) is 9.69. The lowest BCUT2D eigenvalue weighted by Gasteiger charge is -2.33. The number of carbonyl (C=O) groups excluding carboxylic acids is 2. The number of para-hydroxylation sites is 1. The van der Waals surface area contributed by atoms with Crippen LogP contribution in [0.5, 0.6) is 0 Å². The van der Waals surface area contributed by atoms with Gasteiger partial charge in [0.15, 0.2) is 0 Å². The standard InChI is InChI=1S/C31H36BrN3O4S/c1-3-25-11-7-10-16-29(25)35(40(38,39)28-14-5-4-6-15-28)22-30(36)34(21-24-17-19-26(32)20-18-24)23(2)31(37)33-27-12-8-9-13-27/h4-7,10-11,14-20,23,27H,3,8-9,12-13,21-22H2,1-2H3,(H,33,37)/t23-/m1/s1. The van der Waals surface area contributed by atoms with Crippen molar-refractivity contribution >= 4 is 43.5 Å². The van der Waals surface area contributed by atoms with Crippen LogP contribution in [0.15, 0.2) is 88.2 Å². The molecule has 1 fully saturated rings. The van der Waals surface area contributed by atoms with Crippen molar-refractivity contribution in [2.45, 2.75) is 69.5 Å². The molecule has 4 rings (SSSR count). The van der Waals surface area contributed by atoms with E-state index in [1.54, 1.807) is 37.3 Å². The number of sulfonamides is 1. The van der Waals surface area contributed by atoms with Gasteiger partial charge in [-0.2, -0.15) is 0 Å². The van der Waals surface area contributed by atoms with Crippen molar-refractivity contribution in [3.63, 3.8) is 0 Å². The summed E-state index contributed by atoms with van der Waals surface area (Å²) in [5.41, 5.74) is 2.10. The quantitative estimate of drug-likeness (QED) is 0.297. The van der Waals surface area contributed by atoms with Gasteiger partial charge in [-0.05, 0) is 67.6 Å². The highest BCUT2D eigenvalue weighted by Crippen LogP contribution is 2.28. The van der Waals surface area contributed by atoms with Crippen LogP contribution in [0.25, 0.3) is 0 Å². The molecule has 40 heavy (non-hydrogen) atoms. The molecule has 3 aromatic carbocycles. The highest BCUT2D eigenvalue weighted by Gasteiger charge is 2.34. The smallest absolute Gasteiger partial charge is 0.264 e. The highest BCUT2D eigenvalue weighted by atomic mass is 79.9. The van der Waals surface area contributed by atoms with Crippen molar-refractivity contribution in [3.8, 4) is 0 Å². The van der Waals surface area contributed by atoms with Crippen LogP contribution in [0.3, 0.4) is 0 Å². The molecule has 7 nitrogen and oxygen atoms in total. The molecule has 1 atom stereocenters. The zero-order valence-electron chi connectivity index (χ0n) is 22.9. The van der Waals surface area contributed by atoms with Crippen molar-refractivity contribution in [2.75, 3.05) is 10.8 Å². The third-order valence-electron chi connectivity index (χ3n) is 7.39. The van der Waals surface area contributed by atoms with E-state index in [0.717, 1.165) is 41.3 Å². The fourth-order valence-electron chi connectivity index (χ4n) is 5.05. The molecule has 1 saturated carbocycles. The lowest BCUT2D eigenvalue weighted by atomic mass is 10.1. The highest BCUT2D eigenvalue weighted by molar-refractivity contribution is 9.10. The summed E-state index contributed by atoms with van der Waals surface area (Å²) in [5, 5.41) is 3.10. The normalized spacial score (nSPS) is 14.5. The number of aryl methyl sites for hydroxylation is 1. The molecule has 0 aromatic heterocycles. The lowest BCUT2D eigenvalue weighted by Crippen LogP contribution is -2.52. The average molecular weight is 627 g/mol. The predicted molar refractivity (Wildman–Crippen MR) is 161 cm³/mol. The second-order valence-electron chi connectivity index (χ2n) is 10.1. The molecule has 0 heterocycles. The van der Waals surface area contributed by atoms with E-state index in [0.29, 0.717) is 12.1 Å². The average Bonchev–Trinajstić information content (AvgIpc) is 3.48. The van der Waals surface area contributed by atoms with Gasteiger partial charge in [-0.3, -0.25) is 13.9 Å².